The predicted molar refractivity (Wildman–Crippen MR) is 172 cm³/mol. The Morgan fingerprint density at radius 1 is 0.841 bits per heavy atom. The van der Waals surface area contributed by atoms with Crippen LogP contribution in [0.4, 0.5) is 4.79 Å². The molecular formula is C34H31Cl2N3O4S. The SMILES string of the molecule is O=C(c1cccs1)C1C(c2ccc(Cl)cc2)C(C(=O)NCc2ccccc2Cl)N(C(=O)N2CCOCC2)C1c1ccccc1. The Morgan fingerprint density at radius 3 is 2.23 bits per heavy atom. The van der Waals surface area contributed by atoms with Crippen molar-refractivity contribution in [3.8, 4) is 0 Å². The zero-order valence-electron chi connectivity index (χ0n) is 23.8. The summed E-state index contributed by atoms with van der Waals surface area (Å²) in [5.41, 5.74) is 2.28. The van der Waals surface area contributed by atoms with E-state index in [-0.39, 0.29) is 24.3 Å². The van der Waals surface area contributed by atoms with Crippen LogP contribution in [0.25, 0.3) is 0 Å². The van der Waals surface area contributed by atoms with Gasteiger partial charge in [0, 0.05) is 35.6 Å². The summed E-state index contributed by atoms with van der Waals surface area (Å²) in [5, 5.41) is 5.98. The number of carbonyl (C=O) groups excluding carboxylic acids is 3. The number of likely N-dealkylation sites (tertiary alicyclic amines) is 1. The molecular weight excluding hydrogens is 617 g/mol. The monoisotopic (exact) mass is 647 g/mol. The zero-order valence-corrected chi connectivity index (χ0v) is 26.1. The highest BCUT2D eigenvalue weighted by atomic mass is 35.5. The summed E-state index contributed by atoms with van der Waals surface area (Å²) in [4.78, 5) is 47.5. The van der Waals surface area contributed by atoms with Gasteiger partial charge in [-0.3, -0.25) is 9.59 Å². The highest BCUT2D eigenvalue weighted by molar-refractivity contribution is 7.12. The highest BCUT2D eigenvalue weighted by Gasteiger charge is 2.58. The number of ketones is 1. The van der Waals surface area contributed by atoms with E-state index in [0.717, 1.165) is 16.7 Å². The average Bonchev–Trinajstić information content (AvgIpc) is 3.72. The summed E-state index contributed by atoms with van der Waals surface area (Å²) in [6.07, 6.45) is 0. The van der Waals surface area contributed by atoms with Gasteiger partial charge in [0.1, 0.15) is 6.04 Å². The molecule has 2 saturated heterocycles. The molecule has 2 aliphatic heterocycles. The van der Waals surface area contributed by atoms with E-state index in [0.29, 0.717) is 41.2 Å². The second-order valence-corrected chi connectivity index (χ2v) is 12.6. The Labute approximate surface area is 270 Å². The lowest BCUT2D eigenvalue weighted by molar-refractivity contribution is -0.125. The van der Waals surface area contributed by atoms with E-state index in [1.807, 2.05) is 72.1 Å². The maximum absolute atomic E-state index is 14.6. The highest BCUT2D eigenvalue weighted by Crippen LogP contribution is 2.52. The third-order valence-electron chi connectivity index (χ3n) is 8.31. The topological polar surface area (TPSA) is 79.0 Å². The van der Waals surface area contributed by atoms with Crippen molar-refractivity contribution >= 4 is 52.3 Å². The van der Waals surface area contributed by atoms with Crippen molar-refractivity contribution in [3.63, 3.8) is 0 Å². The standard InChI is InChI=1S/C34H31Cl2N3O4S/c35-25-14-12-22(13-15-25)28-29(32(40)27-11-6-20-44-27)30(23-7-2-1-3-8-23)39(34(42)38-16-18-43-19-17-38)31(28)33(41)37-21-24-9-4-5-10-26(24)36/h1-15,20,28-31H,16-19,21H2,(H,37,41). The van der Waals surface area contributed by atoms with E-state index in [2.05, 4.69) is 5.32 Å². The van der Waals surface area contributed by atoms with Crippen LogP contribution in [0.1, 0.15) is 38.3 Å². The predicted octanol–water partition coefficient (Wildman–Crippen LogP) is 6.83. The molecule has 0 aliphatic carbocycles. The number of Topliss-reactive ketones (excluding diaryl/α,β-unsaturated/α-hetero) is 1. The molecule has 3 aromatic carbocycles. The van der Waals surface area contributed by atoms with Gasteiger partial charge in [0.25, 0.3) is 0 Å². The number of nitrogens with zero attached hydrogens (tertiary/aromatic N) is 2. The smallest absolute Gasteiger partial charge is 0.321 e. The Balaban J connectivity index is 1.52. The first-order valence-electron chi connectivity index (χ1n) is 14.5. The second kappa shape index (κ2) is 13.5. The molecule has 2 fully saturated rings. The summed E-state index contributed by atoms with van der Waals surface area (Å²) < 4.78 is 5.54. The Hall–Kier alpha value is -3.69. The minimum absolute atomic E-state index is 0.116. The van der Waals surface area contributed by atoms with Crippen LogP contribution in [0.3, 0.4) is 0 Å². The van der Waals surface area contributed by atoms with Gasteiger partial charge in [-0.1, -0.05) is 89.9 Å². The van der Waals surface area contributed by atoms with Gasteiger partial charge < -0.3 is 19.9 Å². The number of hydrogen-bond acceptors (Lipinski definition) is 5. The van der Waals surface area contributed by atoms with Crippen molar-refractivity contribution in [2.24, 2.45) is 5.92 Å². The van der Waals surface area contributed by atoms with Crippen molar-refractivity contribution in [1.82, 2.24) is 15.1 Å². The number of rotatable bonds is 7. The van der Waals surface area contributed by atoms with Gasteiger partial charge in [-0.05, 0) is 46.3 Å². The normalized spacial score (nSPS) is 21.7. The van der Waals surface area contributed by atoms with Crippen LogP contribution in [0, 0.1) is 5.92 Å². The van der Waals surface area contributed by atoms with Crippen molar-refractivity contribution in [2.45, 2.75) is 24.5 Å². The van der Waals surface area contributed by atoms with Crippen LogP contribution in [-0.4, -0.2) is 59.9 Å². The van der Waals surface area contributed by atoms with Crippen LogP contribution >= 0.6 is 34.5 Å². The largest absolute Gasteiger partial charge is 0.378 e. The lowest BCUT2D eigenvalue weighted by Crippen LogP contribution is -2.54. The average molecular weight is 649 g/mol. The Morgan fingerprint density at radius 2 is 1.55 bits per heavy atom. The number of morpholine rings is 1. The van der Waals surface area contributed by atoms with Crippen LogP contribution in [0.15, 0.2) is 96.4 Å². The Bertz CT molecular complexity index is 1610. The number of amides is 3. The lowest BCUT2D eigenvalue weighted by atomic mass is 9.77. The van der Waals surface area contributed by atoms with Gasteiger partial charge >= 0.3 is 6.03 Å². The summed E-state index contributed by atoms with van der Waals surface area (Å²) >= 11 is 14.1. The number of nitrogens with one attached hydrogen (secondary N) is 1. The van der Waals surface area contributed by atoms with Crippen LogP contribution in [-0.2, 0) is 16.1 Å². The van der Waals surface area contributed by atoms with Crippen molar-refractivity contribution in [2.75, 3.05) is 26.3 Å². The van der Waals surface area contributed by atoms with Gasteiger partial charge in [-0.2, -0.15) is 0 Å². The minimum atomic E-state index is -1.01. The quantitative estimate of drug-likeness (QED) is 0.223. The molecule has 0 bridgehead atoms. The molecule has 0 saturated carbocycles. The first kappa shape index (κ1) is 30.3. The molecule has 3 amide bonds. The number of hydrogen-bond donors (Lipinski definition) is 1. The van der Waals surface area contributed by atoms with Crippen LogP contribution in [0.2, 0.25) is 10.0 Å². The minimum Gasteiger partial charge on any atom is -0.378 e. The summed E-state index contributed by atoms with van der Waals surface area (Å²) in [6.45, 7) is 1.75. The molecule has 4 atom stereocenters. The van der Waals surface area contributed by atoms with Crippen LogP contribution in [0.5, 0.6) is 0 Å². The fourth-order valence-electron chi connectivity index (χ4n) is 6.27. The van der Waals surface area contributed by atoms with Crippen LogP contribution < -0.4 is 5.32 Å². The summed E-state index contributed by atoms with van der Waals surface area (Å²) in [5.74, 6) is -1.90. The molecule has 10 heteroatoms. The van der Waals surface area contributed by atoms with Crippen molar-refractivity contribution in [3.05, 3.63) is 128 Å². The summed E-state index contributed by atoms with van der Waals surface area (Å²) in [6, 6.07) is 25.6. The fourth-order valence-corrected chi connectivity index (χ4v) is 7.31. The first-order valence-corrected chi connectivity index (χ1v) is 16.1. The number of thiophene rings is 1. The molecule has 0 spiro atoms. The maximum atomic E-state index is 14.6. The van der Waals surface area contributed by atoms with Crippen molar-refractivity contribution in [1.29, 1.82) is 0 Å². The molecule has 2 aliphatic rings. The second-order valence-electron chi connectivity index (χ2n) is 10.8. The third kappa shape index (κ3) is 6.13. The fraction of sp³-hybridized carbons (Fsp3) is 0.265. The van der Waals surface area contributed by atoms with E-state index < -0.39 is 23.9 Å². The van der Waals surface area contributed by atoms with E-state index in [4.69, 9.17) is 27.9 Å². The molecule has 6 rings (SSSR count). The number of urea groups is 1. The number of benzene rings is 3. The van der Waals surface area contributed by atoms with E-state index in [1.165, 1.54) is 11.3 Å². The van der Waals surface area contributed by atoms with Gasteiger partial charge in [-0.25, -0.2) is 4.79 Å². The summed E-state index contributed by atoms with van der Waals surface area (Å²) in [7, 11) is 0. The lowest BCUT2D eigenvalue weighted by Gasteiger charge is -2.37. The van der Waals surface area contributed by atoms with Gasteiger partial charge in [0.2, 0.25) is 5.91 Å². The van der Waals surface area contributed by atoms with Gasteiger partial charge in [0.15, 0.2) is 5.78 Å². The maximum Gasteiger partial charge on any atom is 0.321 e. The molecule has 3 heterocycles. The number of carbonyl (C=O) groups is 3. The molecule has 0 radical (unpaired) electrons. The molecule has 7 nitrogen and oxygen atoms in total. The molecule has 226 valence electrons. The molecule has 4 unspecified atom stereocenters. The van der Waals surface area contributed by atoms with E-state index in [1.54, 1.807) is 34.1 Å². The molecule has 1 N–H and O–H groups in total. The number of ether oxygens (including phenoxy) is 1. The first-order chi connectivity index (χ1) is 21.4. The van der Waals surface area contributed by atoms with Gasteiger partial charge in [-0.15, -0.1) is 11.3 Å². The Kier molecular flexibility index (Phi) is 9.33. The molecule has 44 heavy (non-hydrogen) atoms. The molecule has 4 aromatic rings. The number of halogens is 2. The third-order valence-corrected chi connectivity index (χ3v) is 9.82. The molecule has 1 aromatic heterocycles. The van der Waals surface area contributed by atoms with E-state index >= 15 is 0 Å². The van der Waals surface area contributed by atoms with E-state index in [9.17, 15) is 14.4 Å². The zero-order chi connectivity index (χ0) is 30.6. The van der Waals surface area contributed by atoms with Crippen molar-refractivity contribution < 1.29 is 19.1 Å². The van der Waals surface area contributed by atoms with Gasteiger partial charge in [0.05, 0.1) is 30.1 Å².